The topological polar surface area (TPSA) is 51.8 Å². The van der Waals surface area contributed by atoms with Crippen LogP contribution in [0.25, 0.3) is 11.3 Å². The van der Waals surface area contributed by atoms with Gasteiger partial charge in [-0.05, 0) is 36.0 Å². The minimum absolute atomic E-state index is 0.152. The summed E-state index contributed by atoms with van der Waals surface area (Å²) in [5.41, 5.74) is 11.7. The quantitative estimate of drug-likeness (QED) is 0.846. The van der Waals surface area contributed by atoms with Crippen molar-refractivity contribution in [2.24, 2.45) is 0 Å². The van der Waals surface area contributed by atoms with Crippen molar-refractivity contribution in [2.75, 3.05) is 5.73 Å². The minimum atomic E-state index is 0.152. The van der Waals surface area contributed by atoms with Gasteiger partial charge in [0.15, 0.2) is 0 Å². The second kappa shape index (κ2) is 4.65. The number of nitrogens with two attached hydrogens (primary N) is 1. The van der Waals surface area contributed by atoms with E-state index in [-0.39, 0.29) is 5.41 Å². The van der Waals surface area contributed by atoms with Gasteiger partial charge in [0, 0.05) is 11.6 Å². The number of nitrogen functional groups attached to an aromatic ring is 1. The van der Waals surface area contributed by atoms with E-state index in [0.717, 1.165) is 11.3 Å². The van der Waals surface area contributed by atoms with Crippen molar-refractivity contribution in [3.63, 3.8) is 0 Å². The summed E-state index contributed by atoms with van der Waals surface area (Å²) < 4.78 is 0. The van der Waals surface area contributed by atoms with Crippen molar-refractivity contribution in [3.8, 4) is 11.3 Å². The van der Waals surface area contributed by atoms with Crippen molar-refractivity contribution >= 4 is 5.82 Å². The highest BCUT2D eigenvalue weighted by atomic mass is 14.9. The van der Waals surface area contributed by atoms with Gasteiger partial charge in [-0.3, -0.25) is 0 Å². The van der Waals surface area contributed by atoms with Crippen LogP contribution < -0.4 is 5.73 Å². The largest absolute Gasteiger partial charge is 0.384 e. The average molecular weight is 255 g/mol. The first kappa shape index (κ1) is 13.5. The fourth-order valence-corrected chi connectivity index (χ4v) is 2.31. The molecular weight excluding hydrogens is 234 g/mol. The first-order valence-electron chi connectivity index (χ1n) is 6.48. The summed E-state index contributed by atoms with van der Waals surface area (Å²) in [5.74, 6) is 0.503. The van der Waals surface area contributed by atoms with Crippen molar-refractivity contribution in [2.45, 2.75) is 40.0 Å². The number of benzene rings is 1. The molecule has 0 spiro atoms. The lowest BCUT2D eigenvalue weighted by molar-refractivity contribution is 0.589. The van der Waals surface area contributed by atoms with E-state index in [0.29, 0.717) is 5.82 Å². The van der Waals surface area contributed by atoms with Crippen molar-refractivity contribution < 1.29 is 0 Å². The number of nitrogens with zero attached hydrogens (tertiary/aromatic N) is 2. The maximum atomic E-state index is 5.74. The third-order valence-corrected chi connectivity index (χ3v) is 3.34. The van der Waals surface area contributed by atoms with Gasteiger partial charge < -0.3 is 5.73 Å². The Labute approximate surface area is 114 Å². The molecule has 2 rings (SSSR count). The summed E-state index contributed by atoms with van der Waals surface area (Å²) in [6, 6.07) is 6.30. The summed E-state index contributed by atoms with van der Waals surface area (Å²) in [5, 5.41) is 0. The molecule has 1 aromatic carbocycles. The van der Waals surface area contributed by atoms with Crippen molar-refractivity contribution in [3.05, 3.63) is 41.2 Å². The van der Waals surface area contributed by atoms with E-state index in [4.69, 9.17) is 5.73 Å². The molecule has 0 atom stereocenters. The lowest BCUT2D eigenvalue weighted by Gasteiger charge is -2.22. The van der Waals surface area contributed by atoms with E-state index < -0.39 is 0 Å². The zero-order valence-corrected chi connectivity index (χ0v) is 12.3. The molecule has 3 heteroatoms. The molecule has 2 N–H and O–H groups in total. The van der Waals surface area contributed by atoms with Crippen LogP contribution in [0.2, 0.25) is 0 Å². The fraction of sp³-hybridized carbons (Fsp3) is 0.375. The number of aromatic nitrogens is 2. The van der Waals surface area contributed by atoms with E-state index in [1.807, 2.05) is 6.07 Å². The lowest BCUT2D eigenvalue weighted by atomic mass is 9.83. The number of aryl methyl sites for hydroxylation is 2. The maximum absolute atomic E-state index is 5.74. The first-order chi connectivity index (χ1) is 8.79. The lowest BCUT2D eigenvalue weighted by Crippen LogP contribution is -2.12. The summed E-state index contributed by atoms with van der Waals surface area (Å²) in [6.07, 6.45) is 1.52. The van der Waals surface area contributed by atoms with Crippen LogP contribution in [0, 0.1) is 13.8 Å². The average Bonchev–Trinajstić information content (AvgIpc) is 2.26. The smallest absolute Gasteiger partial charge is 0.127 e. The molecule has 1 aromatic heterocycles. The Morgan fingerprint density at radius 3 is 2.00 bits per heavy atom. The number of rotatable bonds is 1. The maximum Gasteiger partial charge on any atom is 0.127 e. The Balaban J connectivity index is 2.60. The van der Waals surface area contributed by atoms with Gasteiger partial charge >= 0.3 is 0 Å². The van der Waals surface area contributed by atoms with Gasteiger partial charge in [0.25, 0.3) is 0 Å². The normalized spacial score (nSPS) is 11.6. The van der Waals surface area contributed by atoms with Gasteiger partial charge in [-0.25, -0.2) is 9.97 Å². The monoisotopic (exact) mass is 255 g/mol. The molecule has 0 saturated heterocycles. The molecule has 0 fully saturated rings. The summed E-state index contributed by atoms with van der Waals surface area (Å²) >= 11 is 0. The SMILES string of the molecule is Cc1cc(C(C)(C)C)cc(C)c1-c1cc(N)ncn1. The summed E-state index contributed by atoms with van der Waals surface area (Å²) in [6.45, 7) is 10.9. The highest BCUT2D eigenvalue weighted by molar-refractivity contribution is 5.69. The Morgan fingerprint density at radius 2 is 1.53 bits per heavy atom. The fourth-order valence-electron chi connectivity index (χ4n) is 2.31. The number of anilines is 1. The molecule has 0 unspecified atom stereocenters. The van der Waals surface area contributed by atoms with Crippen LogP contribution >= 0.6 is 0 Å². The second-order valence-electron chi connectivity index (χ2n) is 6.06. The van der Waals surface area contributed by atoms with E-state index in [1.54, 1.807) is 0 Å². The molecule has 0 saturated carbocycles. The van der Waals surface area contributed by atoms with Crippen LogP contribution in [-0.2, 0) is 5.41 Å². The van der Waals surface area contributed by atoms with Gasteiger partial charge in [0.1, 0.15) is 12.1 Å². The van der Waals surface area contributed by atoms with E-state index in [2.05, 4.69) is 56.7 Å². The van der Waals surface area contributed by atoms with E-state index >= 15 is 0 Å². The van der Waals surface area contributed by atoms with Gasteiger partial charge in [0.05, 0.1) is 5.69 Å². The number of hydrogen-bond acceptors (Lipinski definition) is 3. The van der Waals surface area contributed by atoms with Gasteiger partial charge in [-0.2, -0.15) is 0 Å². The summed E-state index contributed by atoms with van der Waals surface area (Å²) in [7, 11) is 0. The van der Waals surface area contributed by atoms with E-state index in [9.17, 15) is 0 Å². The predicted molar refractivity (Wildman–Crippen MR) is 80.1 cm³/mol. The van der Waals surface area contributed by atoms with Crippen LogP contribution in [0.4, 0.5) is 5.82 Å². The second-order valence-corrected chi connectivity index (χ2v) is 6.06. The molecule has 0 aliphatic rings. The molecule has 1 heterocycles. The molecule has 0 bridgehead atoms. The predicted octanol–water partition coefficient (Wildman–Crippen LogP) is 3.64. The molecule has 0 radical (unpaired) electrons. The molecule has 100 valence electrons. The molecule has 0 aliphatic carbocycles. The Morgan fingerprint density at radius 1 is 0.947 bits per heavy atom. The Hall–Kier alpha value is -1.90. The highest BCUT2D eigenvalue weighted by Gasteiger charge is 2.17. The molecule has 2 aromatic rings. The molecule has 19 heavy (non-hydrogen) atoms. The zero-order chi connectivity index (χ0) is 14.2. The standard InChI is InChI=1S/C16H21N3/c1-10-6-12(16(3,4)5)7-11(2)15(10)13-8-14(17)19-9-18-13/h6-9H,1-5H3,(H2,17,18,19). The van der Waals surface area contributed by atoms with Crippen molar-refractivity contribution in [1.82, 2.24) is 9.97 Å². The van der Waals surface area contributed by atoms with Crippen molar-refractivity contribution in [1.29, 1.82) is 0 Å². The van der Waals surface area contributed by atoms with E-state index in [1.165, 1.54) is 23.0 Å². The van der Waals surface area contributed by atoms with Crippen LogP contribution in [0.3, 0.4) is 0 Å². The van der Waals surface area contributed by atoms with Crippen LogP contribution in [-0.4, -0.2) is 9.97 Å². The molecule has 3 nitrogen and oxygen atoms in total. The van der Waals surface area contributed by atoms with Crippen LogP contribution in [0.15, 0.2) is 24.5 Å². The minimum Gasteiger partial charge on any atom is -0.384 e. The zero-order valence-electron chi connectivity index (χ0n) is 12.3. The molecular formula is C16H21N3. The Bertz CT molecular complexity index is 587. The third kappa shape index (κ3) is 2.75. The van der Waals surface area contributed by atoms with Gasteiger partial charge in [0.2, 0.25) is 0 Å². The highest BCUT2D eigenvalue weighted by Crippen LogP contribution is 2.31. The Kier molecular flexibility index (Phi) is 3.31. The number of hydrogen-bond donors (Lipinski definition) is 1. The molecule has 0 aliphatic heterocycles. The first-order valence-corrected chi connectivity index (χ1v) is 6.48. The van der Waals surface area contributed by atoms with Gasteiger partial charge in [-0.15, -0.1) is 0 Å². The van der Waals surface area contributed by atoms with Crippen LogP contribution in [0.5, 0.6) is 0 Å². The summed E-state index contributed by atoms with van der Waals surface area (Å²) in [4.78, 5) is 8.28. The van der Waals surface area contributed by atoms with Gasteiger partial charge in [-0.1, -0.05) is 32.9 Å². The molecule has 0 amide bonds. The third-order valence-electron chi connectivity index (χ3n) is 3.34. The van der Waals surface area contributed by atoms with Crippen LogP contribution in [0.1, 0.15) is 37.5 Å².